The summed E-state index contributed by atoms with van der Waals surface area (Å²) in [6.45, 7) is 0. The molecular formula is C20H15F2N3O2S. The SMILES string of the molecule is COc1ccc(-c2csc(/C(C#N)=C/Nc3ccc(F)c(F)c3)n2)cc1OC. The Kier molecular flexibility index (Phi) is 5.87. The van der Waals surface area contributed by atoms with Crippen molar-refractivity contribution in [1.29, 1.82) is 5.26 Å². The molecule has 0 amide bonds. The van der Waals surface area contributed by atoms with Crippen LogP contribution in [0.4, 0.5) is 14.5 Å². The molecule has 0 spiro atoms. The van der Waals surface area contributed by atoms with E-state index >= 15 is 0 Å². The summed E-state index contributed by atoms with van der Waals surface area (Å²) in [5.74, 6) is -0.725. The predicted molar refractivity (Wildman–Crippen MR) is 104 cm³/mol. The molecule has 3 aromatic rings. The summed E-state index contributed by atoms with van der Waals surface area (Å²) >= 11 is 1.29. The molecule has 0 aliphatic carbocycles. The molecule has 1 heterocycles. The number of benzene rings is 2. The van der Waals surface area contributed by atoms with Crippen LogP contribution in [0.5, 0.6) is 11.5 Å². The van der Waals surface area contributed by atoms with E-state index in [1.54, 1.807) is 26.4 Å². The number of ether oxygens (including phenoxy) is 2. The first kappa shape index (κ1) is 19.3. The van der Waals surface area contributed by atoms with Crippen LogP contribution in [0.3, 0.4) is 0 Å². The number of nitrogens with zero attached hydrogens (tertiary/aromatic N) is 2. The molecule has 0 fully saturated rings. The number of rotatable bonds is 6. The third kappa shape index (κ3) is 4.10. The van der Waals surface area contributed by atoms with Gasteiger partial charge in [-0.15, -0.1) is 11.3 Å². The van der Waals surface area contributed by atoms with Crippen molar-refractivity contribution in [3.8, 4) is 28.8 Å². The number of hydrogen-bond donors (Lipinski definition) is 1. The van der Waals surface area contributed by atoms with Gasteiger partial charge in [-0.05, 0) is 30.3 Å². The maximum atomic E-state index is 13.3. The highest BCUT2D eigenvalue weighted by Crippen LogP contribution is 2.33. The van der Waals surface area contributed by atoms with E-state index in [2.05, 4.69) is 16.4 Å². The summed E-state index contributed by atoms with van der Waals surface area (Å²) in [5, 5.41) is 14.5. The Labute approximate surface area is 164 Å². The Morgan fingerprint density at radius 3 is 2.57 bits per heavy atom. The molecule has 8 heteroatoms. The first-order chi connectivity index (χ1) is 13.5. The van der Waals surface area contributed by atoms with Gasteiger partial charge in [-0.2, -0.15) is 5.26 Å². The van der Waals surface area contributed by atoms with Crippen molar-refractivity contribution < 1.29 is 18.3 Å². The summed E-state index contributed by atoms with van der Waals surface area (Å²) in [6.07, 6.45) is 1.41. The normalized spacial score (nSPS) is 11.0. The Morgan fingerprint density at radius 2 is 1.89 bits per heavy atom. The molecule has 5 nitrogen and oxygen atoms in total. The number of aromatic nitrogens is 1. The zero-order chi connectivity index (χ0) is 20.1. The number of halogens is 2. The number of hydrogen-bond acceptors (Lipinski definition) is 6. The minimum absolute atomic E-state index is 0.265. The fourth-order valence-corrected chi connectivity index (χ4v) is 3.20. The van der Waals surface area contributed by atoms with Crippen molar-refractivity contribution in [2.45, 2.75) is 0 Å². The van der Waals surface area contributed by atoms with Crippen molar-refractivity contribution >= 4 is 22.6 Å². The highest BCUT2D eigenvalue weighted by molar-refractivity contribution is 7.11. The van der Waals surface area contributed by atoms with Crippen LogP contribution in [-0.4, -0.2) is 19.2 Å². The van der Waals surface area contributed by atoms with Crippen LogP contribution in [0.1, 0.15) is 5.01 Å². The lowest BCUT2D eigenvalue weighted by Gasteiger charge is -2.08. The van der Waals surface area contributed by atoms with Gasteiger partial charge in [-0.1, -0.05) is 0 Å². The van der Waals surface area contributed by atoms with Crippen LogP contribution < -0.4 is 14.8 Å². The molecule has 0 radical (unpaired) electrons. The number of anilines is 1. The van der Waals surface area contributed by atoms with E-state index in [-0.39, 0.29) is 5.57 Å². The molecule has 0 bridgehead atoms. The van der Waals surface area contributed by atoms with E-state index in [1.807, 2.05) is 11.4 Å². The predicted octanol–water partition coefficient (Wildman–Crippen LogP) is 5.08. The van der Waals surface area contributed by atoms with E-state index in [1.165, 1.54) is 23.6 Å². The van der Waals surface area contributed by atoms with Crippen LogP contribution in [0, 0.1) is 23.0 Å². The number of thiazole rings is 1. The molecule has 0 saturated heterocycles. The molecule has 0 aliphatic heterocycles. The first-order valence-electron chi connectivity index (χ1n) is 8.06. The van der Waals surface area contributed by atoms with E-state index in [0.29, 0.717) is 27.9 Å². The minimum atomic E-state index is -0.970. The minimum Gasteiger partial charge on any atom is -0.493 e. The molecule has 0 aliphatic rings. The van der Waals surface area contributed by atoms with Crippen molar-refractivity contribution in [2.75, 3.05) is 19.5 Å². The fraction of sp³-hybridized carbons (Fsp3) is 0.100. The van der Waals surface area contributed by atoms with E-state index < -0.39 is 11.6 Å². The lowest BCUT2D eigenvalue weighted by atomic mass is 10.1. The molecule has 28 heavy (non-hydrogen) atoms. The number of allylic oxidation sites excluding steroid dienone is 1. The summed E-state index contributed by atoms with van der Waals surface area (Å²) in [4.78, 5) is 4.48. The topological polar surface area (TPSA) is 67.2 Å². The van der Waals surface area contributed by atoms with Gasteiger partial charge in [0.25, 0.3) is 0 Å². The van der Waals surface area contributed by atoms with Crippen LogP contribution in [0.15, 0.2) is 48.0 Å². The average molecular weight is 399 g/mol. The second kappa shape index (κ2) is 8.50. The van der Waals surface area contributed by atoms with E-state index in [9.17, 15) is 14.0 Å². The van der Waals surface area contributed by atoms with Crippen molar-refractivity contribution in [1.82, 2.24) is 4.98 Å². The van der Waals surface area contributed by atoms with Gasteiger partial charge in [-0.3, -0.25) is 0 Å². The number of methoxy groups -OCH3 is 2. The van der Waals surface area contributed by atoms with Gasteiger partial charge >= 0.3 is 0 Å². The van der Waals surface area contributed by atoms with Gasteiger partial charge in [0.15, 0.2) is 23.1 Å². The van der Waals surface area contributed by atoms with Crippen LogP contribution in [-0.2, 0) is 0 Å². The van der Waals surface area contributed by atoms with Crippen LogP contribution >= 0.6 is 11.3 Å². The fourth-order valence-electron chi connectivity index (χ4n) is 2.41. The summed E-state index contributed by atoms with van der Waals surface area (Å²) < 4.78 is 36.8. The summed E-state index contributed by atoms with van der Waals surface area (Å²) in [6, 6.07) is 10.9. The second-order valence-electron chi connectivity index (χ2n) is 5.55. The molecule has 142 valence electrons. The monoisotopic (exact) mass is 399 g/mol. The Hall–Kier alpha value is -3.44. The average Bonchev–Trinajstić information content (AvgIpc) is 3.20. The van der Waals surface area contributed by atoms with Crippen molar-refractivity contribution in [2.24, 2.45) is 0 Å². The maximum absolute atomic E-state index is 13.3. The van der Waals surface area contributed by atoms with Gasteiger partial charge in [0, 0.05) is 28.9 Å². The summed E-state index contributed by atoms with van der Waals surface area (Å²) in [7, 11) is 3.11. The highest BCUT2D eigenvalue weighted by Gasteiger charge is 2.12. The Morgan fingerprint density at radius 1 is 1.11 bits per heavy atom. The van der Waals surface area contributed by atoms with Crippen molar-refractivity contribution in [3.05, 3.63) is 64.6 Å². The zero-order valence-electron chi connectivity index (χ0n) is 15.0. The molecule has 0 atom stereocenters. The van der Waals surface area contributed by atoms with Gasteiger partial charge in [0.1, 0.15) is 16.6 Å². The number of nitriles is 1. The standard InChI is InChI=1S/C20H15F2N3O2S/c1-26-18-6-3-12(7-19(18)27-2)17-11-28-20(25-17)13(9-23)10-24-14-4-5-15(21)16(22)8-14/h3-8,10-11,24H,1-2H3/b13-10+. The lowest BCUT2D eigenvalue weighted by Crippen LogP contribution is -1.93. The molecule has 0 unspecified atom stereocenters. The highest BCUT2D eigenvalue weighted by atomic mass is 32.1. The third-order valence-electron chi connectivity index (χ3n) is 3.84. The van der Waals surface area contributed by atoms with Gasteiger partial charge in [0.2, 0.25) is 0 Å². The molecule has 3 rings (SSSR count). The molecule has 2 aromatic carbocycles. The largest absolute Gasteiger partial charge is 0.493 e. The van der Waals surface area contributed by atoms with Gasteiger partial charge in [-0.25, -0.2) is 13.8 Å². The van der Waals surface area contributed by atoms with Crippen LogP contribution in [0.25, 0.3) is 16.8 Å². The molecular weight excluding hydrogens is 384 g/mol. The zero-order valence-corrected chi connectivity index (χ0v) is 15.8. The third-order valence-corrected chi connectivity index (χ3v) is 4.71. The number of nitrogens with one attached hydrogen (secondary N) is 1. The lowest BCUT2D eigenvalue weighted by molar-refractivity contribution is 0.355. The smallest absolute Gasteiger partial charge is 0.161 e. The van der Waals surface area contributed by atoms with Crippen LogP contribution in [0.2, 0.25) is 0 Å². The van der Waals surface area contributed by atoms with E-state index in [0.717, 1.165) is 17.7 Å². The Bertz CT molecular complexity index is 1070. The maximum Gasteiger partial charge on any atom is 0.161 e. The van der Waals surface area contributed by atoms with Crippen molar-refractivity contribution in [3.63, 3.8) is 0 Å². The van der Waals surface area contributed by atoms with E-state index in [4.69, 9.17) is 9.47 Å². The van der Waals surface area contributed by atoms with Gasteiger partial charge in [0.05, 0.1) is 19.9 Å². The summed E-state index contributed by atoms with van der Waals surface area (Å²) in [5.41, 5.74) is 2.07. The van der Waals surface area contributed by atoms with Gasteiger partial charge < -0.3 is 14.8 Å². The Balaban J connectivity index is 1.85. The molecule has 0 saturated carbocycles. The second-order valence-corrected chi connectivity index (χ2v) is 6.41. The molecule has 1 aromatic heterocycles. The molecule has 1 N–H and O–H groups in total. The first-order valence-corrected chi connectivity index (χ1v) is 8.94. The quantitative estimate of drug-likeness (QED) is 0.586.